The molecule has 268 valence electrons. The molecule has 0 radical (unpaired) electrons. The summed E-state index contributed by atoms with van der Waals surface area (Å²) in [7, 11) is 1.77. The zero-order valence-electron chi connectivity index (χ0n) is 29.8. The van der Waals surface area contributed by atoms with Crippen LogP contribution in [0.2, 0.25) is 0 Å². The highest BCUT2D eigenvalue weighted by atomic mass is 16.5. The lowest BCUT2D eigenvalue weighted by molar-refractivity contribution is -0.134. The average molecular weight is 692 g/mol. The van der Waals surface area contributed by atoms with Crippen LogP contribution in [0.5, 0.6) is 0 Å². The number of ether oxygens (including phenoxy) is 1. The first-order chi connectivity index (χ1) is 24.7. The van der Waals surface area contributed by atoms with E-state index >= 15 is 0 Å². The second-order valence-electron chi connectivity index (χ2n) is 15.6. The number of H-pyrrole nitrogens is 2. The quantitative estimate of drug-likeness (QED) is 0.225. The topological polar surface area (TPSA) is 127 Å². The molecule has 2 aromatic carbocycles. The van der Waals surface area contributed by atoms with Crippen molar-refractivity contribution in [1.29, 1.82) is 0 Å². The Hall–Kier alpha value is -4.48. The van der Waals surface area contributed by atoms with Crippen molar-refractivity contribution in [2.75, 3.05) is 64.4 Å². The predicted molar refractivity (Wildman–Crippen MR) is 197 cm³/mol. The molecule has 3 N–H and O–H groups in total. The number of anilines is 1. The Balaban J connectivity index is 0.819. The largest absolute Gasteiger partial charge is 0.384 e. The minimum atomic E-state index is -0.243. The van der Waals surface area contributed by atoms with Crippen LogP contribution in [0.3, 0.4) is 0 Å². The van der Waals surface area contributed by atoms with Gasteiger partial charge in [0.05, 0.1) is 18.2 Å². The first-order valence-corrected chi connectivity index (χ1v) is 18.6. The van der Waals surface area contributed by atoms with Crippen LogP contribution < -0.4 is 10.2 Å². The molecule has 3 saturated heterocycles. The van der Waals surface area contributed by atoms with E-state index in [4.69, 9.17) is 9.84 Å². The number of rotatable bonds is 8. The molecule has 0 bridgehead atoms. The lowest BCUT2D eigenvalue weighted by Gasteiger charge is -2.39. The third-order valence-electron chi connectivity index (χ3n) is 11.8. The van der Waals surface area contributed by atoms with Gasteiger partial charge in [-0.15, -0.1) is 0 Å². The average Bonchev–Trinajstić information content (AvgIpc) is 3.75. The number of hydrogen-bond acceptors (Lipinski definition) is 7. The maximum atomic E-state index is 13.6. The smallest absolute Gasteiger partial charge is 0.254 e. The lowest BCUT2D eigenvalue weighted by Crippen LogP contribution is -2.50. The van der Waals surface area contributed by atoms with Crippen LogP contribution in [0, 0.1) is 11.3 Å². The number of methoxy groups -OCH3 is 1. The van der Waals surface area contributed by atoms with Crippen molar-refractivity contribution in [3.8, 4) is 11.4 Å². The molecule has 5 heterocycles. The Kier molecular flexibility index (Phi) is 9.18. The molecular formula is C40H49N7O4. The van der Waals surface area contributed by atoms with Gasteiger partial charge in [0.15, 0.2) is 0 Å². The van der Waals surface area contributed by atoms with Gasteiger partial charge in [-0.3, -0.25) is 29.7 Å². The van der Waals surface area contributed by atoms with Gasteiger partial charge in [0, 0.05) is 92.8 Å². The van der Waals surface area contributed by atoms with Crippen molar-refractivity contribution in [3.05, 3.63) is 70.9 Å². The molecule has 1 aliphatic carbocycles. The monoisotopic (exact) mass is 691 g/mol. The minimum absolute atomic E-state index is 0.0965. The molecule has 8 rings (SSSR count). The first kappa shape index (κ1) is 33.7. The second-order valence-corrected chi connectivity index (χ2v) is 15.6. The van der Waals surface area contributed by atoms with E-state index in [0.717, 1.165) is 118 Å². The molecule has 11 heteroatoms. The minimum Gasteiger partial charge on any atom is -0.384 e. The number of piperidine rings is 2. The van der Waals surface area contributed by atoms with Crippen molar-refractivity contribution in [2.45, 2.75) is 57.8 Å². The molecule has 4 aromatic rings. The summed E-state index contributed by atoms with van der Waals surface area (Å²) in [5.41, 5.74) is 8.44. The number of nitrogens with zero attached hydrogens (tertiary/aromatic N) is 4. The Morgan fingerprint density at radius 2 is 1.75 bits per heavy atom. The van der Waals surface area contributed by atoms with E-state index in [1.807, 2.05) is 35.2 Å². The summed E-state index contributed by atoms with van der Waals surface area (Å²) >= 11 is 0. The van der Waals surface area contributed by atoms with Crippen molar-refractivity contribution < 1.29 is 19.1 Å². The summed E-state index contributed by atoms with van der Waals surface area (Å²) in [6, 6.07) is 16.5. The Labute approximate surface area is 299 Å². The number of carbonyl (C=O) groups is 3. The van der Waals surface area contributed by atoms with Crippen LogP contribution in [0.25, 0.3) is 22.3 Å². The van der Waals surface area contributed by atoms with Gasteiger partial charge in [-0.1, -0.05) is 25.1 Å². The number of benzene rings is 2. The first-order valence-electron chi connectivity index (χ1n) is 18.6. The molecule has 0 spiro atoms. The third-order valence-corrected chi connectivity index (χ3v) is 11.8. The second kappa shape index (κ2) is 13.9. The Bertz CT molecular complexity index is 1920. The van der Waals surface area contributed by atoms with Gasteiger partial charge in [-0.25, -0.2) is 0 Å². The standard InChI is InChI=1S/C40H49N7O4/c1-40(25-51-2)14-11-32-35(23-40)43-44-37(32)34-21-28-3-4-29(22-33(28)41-34)39(50)47-19-17-45(18-20-47)24-26-12-15-46(16-13-26)30-7-5-27(6-8-30)31-9-10-36(48)42-38(31)49/h3-8,21-22,26,31,41H,9-20,23-25H2,1-2H3,(H,43,44)(H,42,48,49)/t31?,40-/m0/s1. The van der Waals surface area contributed by atoms with Crippen LogP contribution in [0.1, 0.15) is 72.1 Å². The molecule has 51 heavy (non-hydrogen) atoms. The zero-order chi connectivity index (χ0) is 35.1. The number of aromatic nitrogens is 3. The molecule has 0 saturated carbocycles. The van der Waals surface area contributed by atoms with Crippen molar-refractivity contribution in [1.82, 2.24) is 30.3 Å². The lowest BCUT2D eigenvalue weighted by atomic mass is 9.75. The summed E-state index contributed by atoms with van der Waals surface area (Å²) in [5.74, 6) is 0.132. The molecule has 3 amide bonds. The summed E-state index contributed by atoms with van der Waals surface area (Å²) in [6.07, 6.45) is 6.22. The van der Waals surface area contributed by atoms with E-state index in [-0.39, 0.29) is 29.1 Å². The van der Waals surface area contributed by atoms with E-state index in [0.29, 0.717) is 18.8 Å². The molecule has 1 unspecified atom stereocenters. The van der Waals surface area contributed by atoms with E-state index < -0.39 is 0 Å². The molecular weight excluding hydrogens is 642 g/mol. The van der Waals surface area contributed by atoms with Gasteiger partial charge in [0.25, 0.3) is 5.91 Å². The van der Waals surface area contributed by atoms with Crippen molar-refractivity contribution in [3.63, 3.8) is 0 Å². The third kappa shape index (κ3) is 6.93. The number of hydrogen-bond donors (Lipinski definition) is 3. The molecule has 3 aliphatic heterocycles. The Morgan fingerprint density at radius 1 is 0.961 bits per heavy atom. The summed E-state index contributed by atoms with van der Waals surface area (Å²) in [5, 5.41) is 11.6. The highest BCUT2D eigenvalue weighted by molar-refractivity contribution is 6.01. The SMILES string of the molecule is COC[C@@]1(C)CCc2c(-c3cc4ccc(C(=O)N5CCN(CC6CCN(c7ccc(C8CCC(=O)NC8=O)cc7)CC6)CC5)cc4[nH]3)n[nH]c2C1. The number of carbonyl (C=O) groups excluding carboxylic acids is 3. The van der Waals surface area contributed by atoms with Crippen molar-refractivity contribution in [2.24, 2.45) is 11.3 Å². The highest BCUT2D eigenvalue weighted by Gasteiger charge is 2.34. The van der Waals surface area contributed by atoms with Gasteiger partial charge < -0.3 is 19.5 Å². The molecule has 3 fully saturated rings. The fourth-order valence-electron chi connectivity index (χ4n) is 8.82. The molecule has 11 nitrogen and oxygen atoms in total. The fraction of sp³-hybridized carbons (Fsp3) is 0.500. The van der Waals surface area contributed by atoms with Gasteiger partial charge >= 0.3 is 0 Å². The van der Waals surface area contributed by atoms with E-state index in [1.165, 1.54) is 16.9 Å². The number of amides is 3. The number of aromatic amines is 2. The van der Waals surface area contributed by atoms with E-state index in [9.17, 15) is 14.4 Å². The van der Waals surface area contributed by atoms with Crippen LogP contribution >= 0.6 is 0 Å². The normalized spacial score (nSPS) is 23.5. The number of piperazine rings is 1. The van der Waals surface area contributed by atoms with Gasteiger partial charge in [0.1, 0.15) is 5.69 Å². The summed E-state index contributed by atoms with van der Waals surface area (Å²) in [6.45, 7) is 9.41. The molecule has 4 aliphatic rings. The van der Waals surface area contributed by atoms with Crippen molar-refractivity contribution >= 4 is 34.3 Å². The number of fused-ring (bicyclic) bond motifs is 2. The van der Waals surface area contributed by atoms with Gasteiger partial charge in [-0.2, -0.15) is 5.10 Å². The maximum Gasteiger partial charge on any atom is 0.254 e. The fourth-order valence-corrected chi connectivity index (χ4v) is 8.82. The van der Waals surface area contributed by atoms with Gasteiger partial charge in [0.2, 0.25) is 11.8 Å². The van der Waals surface area contributed by atoms with Crippen LogP contribution in [-0.4, -0.2) is 102 Å². The van der Waals surface area contributed by atoms with Gasteiger partial charge in [-0.05, 0) is 85.8 Å². The van der Waals surface area contributed by atoms with E-state index in [2.05, 4.69) is 50.3 Å². The molecule has 2 atom stereocenters. The predicted octanol–water partition coefficient (Wildman–Crippen LogP) is 4.89. The molecule has 2 aromatic heterocycles. The maximum absolute atomic E-state index is 13.6. The summed E-state index contributed by atoms with van der Waals surface area (Å²) in [4.78, 5) is 47.9. The van der Waals surface area contributed by atoms with E-state index in [1.54, 1.807) is 7.11 Å². The van der Waals surface area contributed by atoms with Crippen LogP contribution in [-0.2, 0) is 27.2 Å². The Morgan fingerprint density at radius 3 is 2.49 bits per heavy atom. The van der Waals surface area contributed by atoms with Crippen LogP contribution in [0.4, 0.5) is 5.69 Å². The van der Waals surface area contributed by atoms with Crippen LogP contribution in [0.15, 0.2) is 48.5 Å². The number of imide groups is 1. The summed E-state index contributed by atoms with van der Waals surface area (Å²) < 4.78 is 5.49. The number of nitrogens with one attached hydrogen (secondary N) is 3. The highest BCUT2D eigenvalue weighted by Crippen LogP contribution is 2.39. The zero-order valence-corrected chi connectivity index (χ0v) is 29.8.